The Kier molecular flexibility index (Phi) is 5.53. The van der Waals surface area contributed by atoms with E-state index in [1.165, 1.54) is 36.4 Å². The number of carboxylic acid groups (broad SMARTS) is 1. The van der Waals surface area contributed by atoms with Crippen LogP contribution in [0.1, 0.15) is 36.2 Å². The Balaban J connectivity index is 1.74. The first-order chi connectivity index (χ1) is 14.0. The van der Waals surface area contributed by atoms with Crippen LogP contribution in [-0.4, -0.2) is 37.9 Å². The summed E-state index contributed by atoms with van der Waals surface area (Å²) in [7, 11) is -3.91. The topological polar surface area (TPSA) is 142 Å². The zero-order valence-electron chi connectivity index (χ0n) is 16.4. The fraction of sp³-hybridized carbons (Fsp3) is 0.250. The number of carbonyl (C=O) groups excluding carboxylic acids is 2. The molecule has 1 aliphatic heterocycles. The zero-order chi connectivity index (χ0) is 22.1. The third-order valence-corrected chi connectivity index (χ3v) is 6.19. The predicted molar refractivity (Wildman–Crippen MR) is 110 cm³/mol. The summed E-state index contributed by atoms with van der Waals surface area (Å²) in [6.07, 6.45) is -0.192. The lowest BCUT2D eigenvalue weighted by atomic mass is 9.86. The normalized spacial score (nSPS) is 14.5. The second-order valence-corrected chi connectivity index (χ2v) is 9.05. The summed E-state index contributed by atoms with van der Waals surface area (Å²) in [4.78, 5) is 34.5. The summed E-state index contributed by atoms with van der Waals surface area (Å²) in [6, 6.07) is 10.2. The van der Waals surface area contributed by atoms with Gasteiger partial charge < -0.3 is 15.7 Å². The summed E-state index contributed by atoms with van der Waals surface area (Å²) in [5.41, 5.74) is 0.875. The first-order valence-corrected chi connectivity index (χ1v) is 10.6. The number of nitrogens with one attached hydrogen (secondary N) is 3. The number of hydrogen-bond acceptors (Lipinski definition) is 5. The van der Waals surface area contributed by atoms with Crippen molar-refractivity contribution in [3.05, 3.63) is 53.6 Å². The number of benzene rings is 2. The number of anilines is 2. The van der Waals surface area contributed by atoms with E-state index < -0.39 is 27.3 Å². The summed E-state index contributed by atoms with van der Waals surface area (Å²) < 4.78 is 28.0. The third-order valence-electron chi connectivity index (χ3n) is 4.81. The van der Waals surface area contributed by atoms with E-state index in [-0.39, 0.29) is 35.0 Å². The smallest absolute Gasteiger partial charge is 0.305 e. The van der Waals surface area contributed by atoms with Crippen LogP contribution in [0.15, 0.2) is 47.4 Å². The van der Waals surface area contributed by atoms with Gasteiger partial charge in [0.1, 0.15) is 0 Å². The highest BCUT2D eigenvalue weighted by Crippen LogP contribution is 2.38. The van der Waals surface area contributed by atoms with Crippen molar-refractivity contribution in [1.82, 2.24) is 5.32 Å². The standard InChI is InChI=1S/C20H21N3O6S/c1-20(2)15-11-14(7-8-16(15)22-19(20)27)30(28,29)23-13-5-3-12(4-6-13)18(26)21-10-9-17(24)25/h3-8,11,23H,9-10H2,1-2H3,(H,21,26)(H,22,27)(H,24,25). The number of hydrogen-bond donors (Lipinski definition) is 4. The molecule has 0 atom stereocenters. The number of carbonyl (C=O) groups is 3. The Morgan fingerprint density at radius 2 is 1.77 bits per heavy atom. The number of sulfonamides is 1. The van der Waals surface area contributed by atoms with Crippen LogP contribution in [0.5, 0.6) is 0 Å². The van der Waals surface area contributed by atoms with E-state index in [4.69, 9.17) is 5.11 Å². The molecule has 0 aliphatic carbocycles. The molecule has 0 fully saturated rings. The molecular weight excluding hydrogens is 410 g/mol. The van der Waals surface area contributed by atoms with Crippen molar-refractivity contribution in [3.8, 4) is 0 Å². The minimum Gasteiger partial charge on any atom is -0.481 e. The lowest BCUT2D eigenvalue weighted by Gasteiger charge is -2.16. The molecule has 0 aromatic heterocycles. The molecule has 2 aromatic carbocycles. The highest BCUT2D eigenvalue weighted by atomic mass is 32.2. The van der Waals surface area contributed by atoms with Crippen LogP contribution in [0.3, 0.4) is 0 Å². The molecule has 2 aromatic rings. The van der Waals surface area contributed by atoms with Gasteiger partial charge in [-0.25, -0.2) is 8.42 Å². The quantitative estimate of drug-likeness (QED) is 0.528. The van der Waals surface area contributed by atoms with Crippen molar-refractivity contribution in [2.24, 2.45) is 0 Å². The molecular formula is C20H21N3O6S. The maximum atomic E-state index is 12.8. The molecule has 10 heteroatoms. The first-order valence-electron chi connectivity index (χ1n) is 9.09. The Morgan fingerprint density at radius 3 is 2.40 bits per heavy atom. The van der Waals surface area contributed by atoms with E-state index >= 15 is 0 Å². The third kappa shape index (κ3) is 4.28. The molecule has 0 saturated heterocycles. The molecule has 158 valence electrons. The van der Waals surface area contributed by atoms with E-state index in [1.54, 1.807) is 19.9 Å². The second-order valence-electron chi connectivity index (χ2n) is 7.37. The SMILES string of the molecule is CC1(C)C(=O)Nc2ccc(S(=O)(=O)Nc3ccc(C(=O)NCCC(=O)O)cc3)cc21. The molecule has 1 heterocycles. The van der Waals surface area contributed by atoms with Crippen LogP contribution in [0.25, 0.3) is 0 Å². The number of fused-ring (bicyclic) bond motifs is 1. The van der Waals surface area contributed by atoms with Crippen LogP contribution in [-0.2, 0) is 25.0 Å². The van der Waals surface area contributed by atoms with E-state index in [0.29, 0.717) is 11.3 Å². The largest absolute Gasteiger partial charge is 0.481 e. The molecule has 9 nitrogen and oxygen atoms in total. The first kappa shape index (κ1) is 21.3. The van der Waals surface area contributed by atoms with Crippen LogP contribution in [0.4, 0.5) is 11.4 Å². The molecule has 30 heavy (non-hydrogen) atoms. The average molecular weight is 431 g/mol. The van der Waals surface area contributed by atoms with Gasteiger partial charge in [-0.1, -0.05) is 0 Å². The fourth-order valence-electron chi connectivity index (χ4n) is 3.01. The Bertz CT molecular complexity index is 1120. The molecule has 2 amide bonds. The van der Waals surface area contributed by atoms with Crippen molar-refractivity contribution >= 4 is 39.2 Å². The van der Waals surface area contributed by atoms with Crippen molar-refractivity contribution < 1.29 is 27.9 Å². The van der Waals surface area contributed by atoms with Gasteiger partial charge in [0.15, 0.2) is 0 Å². The van der Waals surface area contributed by atoms with E-state index in [2.05, 4.69) is 15.4 Å². The molecule has 3 rings (SSSR count). The van der Waals surface area contributed by atoms with Crippen molar-refractivity contribution in [1.29, 1.82) is 0 Å². The van der Waals surface area contributed by atoms with E-state index in [0.717, 1.165) is 0 Å². The van der Waals surface area contributed by atoms with Crippen molar-refractivity contribution in [2.45, 2.75) is 30.6 Å². The Morgan fingerprint density at radius 1 is 1.10 bits per heavy atom. The van der Waals surface area contributed by atoms with Crippen LogP contribution in [0.2, 0.25) is 0 Å². The molecule has 0 bridgehead atoms. The number of carboxylic acids is 1. The summed E-state index contributed by atoms with van der Waals surface area (Å²) in [5, 5.41) is 13.8. The van der Waals surface area contributed by atoms with Gasteiger partial charge in [0.25, 0.3) is 15.9 Å². The van der Waals surface area contributed by atoms with Gasteiger partial charge >= 0.3 is 5.97 Å². The molecule has 0 saturated carbocycles. The number of amides is 2. The van der Waals surface area contributed by atoms with Crippen LogP contribution < -0.4 is 15.4 Å². The monoisotopic (exact) mass is 431 g/mol. The summed E-state index contributed by atoms with van der Waals surface area (Å²) >= 11 is 0. The Hall–Kier alpha value is -3.40. The average Bonchev–Trinajstić information content (AvgIpc) is 2.90. The minimum atomic E-state index is -3.91. The van der Waals surface area contributed by atoms with Crippen LogP contribution in [0, 0.1) is 0 Å². The highest BCUT2D eigenvalue weighted by Gasteiger charge is 2.39. The summed E-state index contributed by atoms with van der Waals surface area (Å²) in [6.45, 7) is 3.44. The van der Waals surface area contributed by atoms with Crippen molar-refractivity contribution in [2.75, 3.05) is 16.6 Å². The predicted octanol–water partition coefficient (Wildman–Crippen LogP) is 1.92. The fourth-order valence-corrected chi connectivity index (χ4v) is 4.09. The van der Waals surface area contributed by atoms with Crippen LogP contribution >= 0.6 is 0 Å². The minimum absolute atomic E-state index is 0.00537. The number of rotatable bonds is 7. The summed E-state index contributed by atoms with van der Waals surface area (Å²) in [5.74, 6) is -1.67. The molecule has 0 spiro atoms. The van der Waals surface area contributed by atoms with Gasteiger partial charge in [0.2, 0.25) is 5.91 Å². The molecule has 1 aliphatic rings. The van der Waals surface area contributed by atoms with Gasteiger partial charge in [0, 0.05) is 23.5 Å². The molecule has 4 N–H and O–H groups in total. The number of aliphatic carboxylic acids is 1. The van der Waals surface area contributed by atoms with E-state index in [9.17, 15) is 22.8 Å². The zero-order valence-corrected chi connectivity index (χ0v) is 17.2. The Labute approximate surface area is 173 Å². The second kappa shape index (κ2) is 7.79. The molecule has 0 unspecified atom stereocenters. The maximum Gasteiger partial charge on any atom is 0.305 e. The lowest BCUT2D eigenvalue weighted by molar-refractivity contribution is -0.136. The van der Waals surface area contributed by atoms with Gasteiger partial charge in [-0.15, -0.1) is 0 Å². The highest BCUT2D eigenvalue weighted by molar-refractivity contribution is 7.92. The maximum absolute atomic E-state index is 12.8. The van der Waals surface area contributed by atoms with E-state index in [1.807, 2.05) is 0 Å². The van der Waals surface area contributed by atoms with Gasteiger partial charge in [-0.05, 0) is 61.9 Å². The molecule has 0 radical (unpaired) electrons. The van der Waals surface area contributed by atoms with Crippen molar-refractivity contribution in [3.63, 3.8) is 0 Å². The van der Waals surface area contributed by atoms with Gasteiger partial charge in [-0.2, -0.15) is 0 Å². The lowest BCUT2D eigenvalue weighted by Crippen LogP contribution is -2.27. The van der Waals surface area contributed by atoms with Gasteiger partial charge in [0.05, 0.1) is 16.7 Å². The van der Waals surface area contributed by atoms with Gasteiger partial charge in [-0.3, -0.25) is 19.1 Å².